The average Bonchev–Trinajstić information content (AvgIpc) is 3.16. The number of nitrogens with zero attached hydrogens (tertiary/aromatic N) is 4. The Morgan fingerprint density at radius 2 is 2.11 bits per heavy atom. The lowest BCUT2D eigenvalue weighted by Crippen LogP contribution is -2.32. The summed E-state index contributed by atoms with van der Waals surface area (Å²) >= 11 is 0. The monoisotopic (exact) mass is 387 g/mol. The van der Waals surface area contributed by atoms with Gasteiger partial charge in [0.25, 0.3) is 5.91 Å². The number of hydrogen-bond donors (Lipinski definition) is 1. The highest BCUT2D eigenvalue weighted by Gasteiger charge is 2.22. The molecule has 2 aromatic rings. The lowest BCUT2D eigenvalue weighted by molar-refractivity contribution is -0.00294. The predicted molar refractivity (Wildman–Crippen MR) is 105 cm³/mol. The second kappa shape index (κ2) is 9.64. The Balaban J connectivity index is 1.58. The van der Waals surface area contributed by atoms with E-state index in [2.05, 4.69) is 27.5 Å². The Labute approximate surface area is 165 Å². The van der Waals surface area contributed by atoms with Crippen molar-refractivity contribution in [1.29, 1.82) is 0 Å². The van der Waals surface area contributed by atoms with Gasteiger partial charge in [0, 0.05) is 12.6 Å². The lowest BCUT2D eigenvalue weighted by atomic mass is 9.88. The van der Waals surface area contributed by atoms with Crippen LogP contribution in [-0.4, -0.2) is 52.3 Å². The molecule has 2 aromatic heterocycles. The van der Waals surface area contributed by atoms with Gasteiger partial charge in [-0.1, -0.05) is 26.7 Å². The maximum Gasteiger partial charge on any atom is 0.254 e. The molecule has 1 fully saturated rings. The van der Waals surface area contributed by atoms with Crippen molar-refractivity contribution in [2.45, 2.75) is 52.1 Å². The smallest absolute Gasteiger partial charge is 0.254 e. The fourth-order valence-electron chi connectivity index (χ4n) is 3.64. The van der Waals surface area contributed by atoms with Crippen molar-refractivity contribution in [3.8, 4) is 11.7 Å². The van der Waals surface area contributed by atoms with Crippen LogP contribution < -0.4 is 10.1 Å². The second-order valence-electron chi connectivity index (χ2n) is 7.13. The fourth-order valence-corrected chi connectivity index (χ4v) is 3.64. The van der Waals surface area contributed by atoms with E-state index in [4.69, 9.17) is 9.47 Å². The molecule has 0 saturated heterocycles. The zero-order valence-electron chi connectivity index (χ0n) is 16.9. The van der Waals surface area contributed by atoms with Gasteiger partial charge in [0.2, 0.25) is 5.88 Å². The highest BCUT2D eigenvalue weighted by Crippen LogP contribution is 2.26. The zero-order chi connectivity index (χ0) is 19.9. The van der Waals surface area contributed by atoms with Gasteiger partial charge in [-0.05, 0) is 31.2 Å². The molecule has 28 heavy (non-hydrogen) atoms. The molecular weight excluding hydrogens is 358 g/mol. The van der Waals surface area contributed by atoms with E-state index in [1.165, 1.54) is 26.4 Å². The molecule has 2 heterocycles. The van der Waals surface area contributed by atoms with E-state index >= 15 is 0 Å². The maximum atomic E-state index is 12.6. The third-order valence-corrected chi connectivity index (χ3v) is 5.25. The third-order valence-electron chi connectivity index (χ3n) is 5.25. The summed E-state index contributed by atoms with van der Waals surface area (Å²) in [6, 6.07) is 3.48. The lowest BCUT2D eigenvalue weighted by Gasteiger charge is -2.28. The molecule has 0 bridgehead atoms. The summed E-state index contributed by atoms with van der Waals surface area (Å²) in [5, 5.41) is 15.3. The number of aromatic nitrogens is 4. The highest BCUT2D eigenvalue weighted by atomic mass is 16.5. The van der Waals surface area contributed by atoms with Crippen molar-refractivity contribution in [2.75, 3.05) is 20.3 Å². The first kappa shape index (κ1) is 20.3. The molecule has 1 saturated carbocycles. The fraction of sp³-hybridized carbons (Fsp3) is 0.600. The molecule has 1 aliphatic carbocycles. The molecular formula is C20H29N5O3. The number of methoxy groups -OCH3 is 1. The van der Waals surface area contributed by atoms with Crippen LogP contribution in [0.1, 0.15) is 55.6 Å². The van der Waals surface area contributed by atoms with Crippen LogP contribution in [0.3, 0.4) is 0 Å². The minimum atomic E-state index is -0.148. The van der Waals surface area contributed by atoms with Gasteiger partial charge < -0.3 is 14.8 Å². The summed E-state index contributed by atoms with van der Waals surface area (Å²) in [5.74, 6) is 1.43. The number of ether oxygens (including phenoxy) is 2. The van der Waals surface area contributed by atoms with Gasteiger partial charge in [-0.15, -0.1) is 10.2 Å². The maximum absolute atomic E-state index is 12.6. The number of carbonyl (C=O) groups excluding carboxylic acids is 1. The topological polar surface area (TPSA) is 91.2 Å². The molecule has 8 nitrogen and oxygen atoms in total. The number of carbonyl (C=O) groups is 1. The van der Waals surface area contributed by atoms with Gasteiger partial charge in [0.15, 0.2) is 5.82 Å². The van der Waals surface area contributed by atoms with Crippen LogP contribution in [0.25, 0.3) is 5.82 Å². The molecule has 0 aromatic carbocycles. The molecule has 0 radical (unpaired) electrons. The first-order valence-corrected chi connectivity index (χ1v) is 9.98. The molecule has 8 heteroatoms. The van der Waals surface area contributed by atoms with Crippen molar-refractivity contribution in [3.63, 3.8) is 0 Å². The largest absolute Gasteiger partial charge is 0.480 e. The minimum absolute atomic E-state index is 0.148. The van der Waals surface area contributed by atoms with Gasteiger partial charge in [0.05, 0.1) is 37.3 Å². The summed E-state index contributed by atoms with van der Waals surface area (Å²) in [7, 11) is 1.54. The summed E-state index contributed by atoms with van der Waals surface area (Å²) in [5.41, 5.74) is 1.34. The van der Waals surface area contributed by atoms with E-state index in [0.29, 0.717) is 48.9 Å². The number of amides is 1. The number of hydrogen-bond acceptors (Lipinski definition) is 6. The van der Waals surface area contributed by atoms with Crippen molar-refractivity contribution in [1.82, 2.24) is 25.3 Å². The Morgan fingerprint density at radius 1 is 1.29 bits per heavy atom. The molecule has 0 unspecified atom stereocenters. The Kier molecular flexibility index (Phi) is 6.97. The molecule has 152 valence electrons. The van der Waals surface area contributed by atoms with Gasteiger partial charge in [-0.25, -0.2) is 4.68 Å². The SMILES string of the molecule is CCc1c(C(=O)NCCO[C@@H]2CCCC[C@H]2C)cnn1-c1ccc(OC)nn1. The van der Waals surface area contributed by atoms with Crippen LogP contribution in [0.4, 0.5) is 0 Å². The highest BCUT2D eigenvalue weighted by molar-refractivity contribution is 5.95. The molecule has 2 atom stereocenters. The summed E-state index contributed by atoms with van der Waals surface area (Å²) < 4.78 is 12.6. The van der Waals surface area contributed by atoms with Crippen LogP contribution in [0.2, 0.25) is 0 Å². The Morgan fingerprint density at radius 3 is 2.79 bits per heavy atom. The predicted octanol–water partition coefficient (Wildman–Crippen LogP) is 2.56. The van der Waals surface area contributed by atoms with Crippen LogP contribution in [0.5, 0.6) is 5.88 Å². The van der Waals surface area contributed by atoms with Crippen molar-refractivity contribution in [3.05, 3.63) is 29.6 Å². The second-order valence-corrected chi connectivity index (χ2v) is 7.13. The van der Waals surface area contributed by atoms with Crippen LogP contribution in [-0.2, 0) is 11.2 Å². The molecule has 1 aliphatic rings. The molecule has 1 amide bonds. The third kappa shape index (κ3) is 4.67. The van der Waals surface area contributed by atoms with Crippen molar-refractivity contribution in [2.24, 2.45) is 5.92 Å². The van der Waals surface area contributed by atoms with E-state index in [9.17, 15) is 4.79 Å². The number of rotatable bonds is 8. The van der Waals surface area contributed by atoms with Crippen molar-refractivity contribution >= 4 is 5.91 Å². The standard InChI is InChI=1S/C20H29N5O3/c1-4-16-15(13-22-25(16)18-9-10-19(27-3)24-23-18)20(26)21-11-12-28-17-8-6-5-7-14(17)2/h9-10,13-14,17H,4-8,11-12H2,1-3H3,(H,21,26)/t14-,17-/m1/s1. The summed E-state index contributed by atoms with van der Waals surface area (Å²) in [4.78, 5) is 12.6. The van der Waals surface area contributed by atoms with Gasteiger partial charge in [-0.2, -0.15) is 5.10 Å². The van der Waals surface area contributed by atoms with E-state index in [1.807, 2.05) is 6.92 Å². The Bertz CT molecular complexity index is 775. The van der Waals surface area contributed by atoms with Gasteiger partial charge >= 0.3 is 0 Å². The average molecular weight is 387 g/mol. The zero-order valence-corrected chi connectivity index (χ0v) is 16.9. The van der Waals surface area contributed by atoms with Crippen LogP contribution in [0, 0.1) is 5.92 Å². The molecule has 0 aliphatic heterocycles. The van der Waals surface area contributed by atoms with E-state index < -0.39 is 0 Å². The number of nitrogens with one attached hydrogen (secondary N) is 1. The molecule has 3 rings (SSSR count). The van der Waals surface area contributed by atoms with E-state index in [-0.39, 0.29) is 5.91 Å². The minimum Gasteiger partial charge on any atom is -0.480 e. The first-order valence-electron chi connectivity index (χ1n) is 9.98. The summed E-state index contributed by atoms with van der Waals surface area (Å²) in [6.07, 6.45) is 7.40. The Hall–Kier alpha value is -2.48. The van der Waals surface area contributed by atoms with Crippen LogP contribution >= 0.6 is 0 Å². The molecule has 1 N–H and O–H groups in total. The van der Waals surface area contributed by atoms with Gasteiger partial charge in [0.1, 0.15) is 0 Å². The van der Waals surface area contributed by atoms with Gasteiger partial charge in [-0.3, -0.25) is 4.79 Å². The quantitative estimate of drug-likeness (QED) is 0.700. The normalized spacial score (nSPS) is 19.4. The van der Waals surface area contributed by atoms with Crippen molar-refractivity contribution < 1.29 is 14.3 Å². The van der Waals surface area contributed by atoms with Crippen LogP contribution in [0.15, 0.2) is 18.3 Å². The first-order chi connectivity index (χ1) is 13.6. The van der Waals surface area contributed by atoms with E-state index in [0.717, 1.165) is 12.1 Å². The summed E-state index contributed by atoms with van der Waals surface area (Å²) in [6.45, 7) is 5.24. The molecule has 0 spiro atoms. The van der Waals surface area contributed by atoms with E-state index in [1.54, 1.807) is 23.0 Å².